The molecule has 4 aromatic rings. The molecular formula is C26H22ClN3O. The normalized spacial score (nSPS) is 16.6. The number of likely N-dealkylation sites (tertiary alicyclic amines) is 1. The summed E-state index contributed by atoms with van der Waals surface area (Å²) in [4.78, 5) is 15.2. The third kappa shape index (κ3) is 2.94. The Morgan fingerprint density at radius 2 is 1.71 bits per heavy atom. The molecule has 2 aliphatic heterocycles. The van der Waals surface area contributed by atoms with E-state index >= 15 is 0 Å². The first-order chi connectivity index (χ1) is 15.1. The van der Waals surface area contributed by atoms with Crippen LogP contribution in [0, 0.1) is 0 Å². The van der Waals surface area contributed by atoms with Gasteiger partial charge in [-0.15, -0.1) is 0 Å². The highest BCUT2D eigenvalue weighted by Gasteiger charge is 2.42. The summed E-state index contributed by atoms with van der Waals surface area (Å²) in [6.07, 6.45) is 3.82. The van der Waals surface area contributed by atoms with Crippen molar-refractivity contribution >= 4 is 34.0 Å². The highest BCUT2D eigenvalue weighted by atomic mass is 35.5. The van der Waals surface area contributed by atoms with Gasteiger partial charge in [-0.2, -0.15) is 0 Å². The summed E-state index contributed by atoms with van der Waals surface area (Å²) in [6, 6.07) is 24.4. The van der Waals surface area contributed by atoms with Gasteiger partial charge in [0.25, 0.3) is 5.91 Å². The molecule has 0 bridgehead atoms. The van der Waals surface area contributed by atoms with Crippen molar-refractivity contribution in [2.75, 3.05) is 18.4 Å². The Labute approximate surface area is 186 Å². The number of halogens is 1. The molecule has 4 nitrogen and oxygen atoms in total. The number of amides is 1. The fraction of sp³-hybridized carbons (Fsp3) is 0.192. The molecule has 1 amide bonds. The SMILES string of the molecule is O=C(c1ccc2ccccc2c1)N1CCC2(CC1)Nc1ccc(Cl)cc1-n1cccc12. The van der Waals surface area contributed by atoms with Gasteiger partial charge in [-0.25, -0.2) is 0 Å². The van der Waals surface area contributed by atoms with Gasteiger partial charge in [0.1, 0.15) is 0 Å². The summed E-state index contributed by atoms with van der Waals surface area (Å²) in [7, 11) is 0. The number of fused-ring (bicyclic) bond motifs is 5. The summed E-state index contributed by atoms with van der Waals surface area (Å²) in [5.41, 5.74) is 3.98. The van der Waals surface area contributed by atoms with Crippen molar-refractivity contribution in [2.24, 2.45) is 0 Å². The molecule has 3 heterocycles. The first-order valence-electron chi connectivity index (χ1n) is 10.7. The number of hydrogen-bond acceptors (Lipinski definition) is 2. The third-order valence-corrected chi connectivity index (χ3v) is 6.97. The van der Waals surface area contributed by atoms with Crippen LogP contribution in [0.1, 0.15) is 28.9 Å². The number of rotatable bonds is 1. The number of benzene rings is 3. The predicted octanol–water partition coefficient (Wildman–Crippen LogP) is 5.84. The zero-order valence-corrected chi connectivity index (χ0v) is 17.8. The van der Waals surface area contributed by atoms with Crippen molar-refractivity contribution in [3.8, 4) is 5.69 Å². The van der Waals surface area contributed by atoms with Crippen molar-refractivity contribution in [2.45, 2.75) is 18.4 Å². The molecule has 0 radical (unpaired) electrons. The van der Waals surface area contributed by atoms with Crippen molar-refractivity contribution in [1.29, 1.82) is 0 Å². The molecule has 6 rings (SSSR count). The average Bonchev–Trinajstić information content (AvgIpc) is 3.31. The van der Waals surface area contributed by atoms with Gasteiger partial charge >= 0.3 is 0 Å². The zero-order chi connectivity index (χ0) is 21.0. The predicted molar refractivity (Wildman–Crippen MR) is 125 cm³/mol. The van der Waals surface area contributed by atoms with Crippen LogP contribution in [0.3, 0.4) is 0 Å². The number of carbonyl (C=O) groups excluding carboxylic acids is 1. The Morgan fingerprint density at radius 1 is 0.903 bits per heavy atom. The minimum absolute atomic E-state index is 0.110. The second-order valence-electron chi connectivity index (χ2n) is 8.49. The van der Waals surface area contributed by atoms with Crippen molar-refractivity contribution in [3.05, 3.63) is 95.3 Å². The monoisotopic (exact) mass is 427 g/mol. The van der Waals surface area contributed by atoms with Gasteiger partial charge in [0.05, 0.1) is 16.9 Å². The maximum absolute atomic E-state index is 13.2. The van der Waals surface area contributed by atoms with Crippen molar-refractivity contribution < 1.29 is 4.79 Å². The second-order valence-corrected chi connectivity index (χ2v) is 8.92. The van der Waals surface area contributed by atoms with Crippen LogP contribution in [0.2, 0.25) is 5.02 Å². The van der Waals surface area contributed by atoms with E-state index in [1.54, 1.807) is 0 Å². The summed E-state index contributed by atoms with van der Waals surface area (Å²) in [6.45, 7) is 1.43. The first kappa shape index (κ1) is 18.5. The van der Waals surface area contributed by atoms with Crippen LogP contribution >= 0.6 is 11.6 Å². The van der Waals surface area contributed by atoms with E-state index in [0.29, 0.717) is 13.1 Å². The fourth-order valence-electron chi connectivity index (χ4n) is 5.09. The second kappa shape index (κ2) is 6.89. The van der Waals surface area contributed by atoms with Gasteiger partial charge in [-0.05, 0) is 66.1 Å². The standard InChI is InChI=1S/C26H22ClN3O/c27-21-9-10-22-23(17-21)30-13-3-6-24(30)26(28-22)11-14-29(15-12-26)25(31)20-8-7-18-4-1-2-5-19(18)16-20/h1-10,13,16-17,28H,11-12,14-15H2. The van der Waals surface area contributed by atoms with Gasteiger partial charge < -0.3 is 14.8 Å². The molecule has 1 spiro atoms. The molecule has 0 saturated carbocycles. The Kier molecular flexibility index (Phi) is 4.12. The molecule has 154 valence electrons. The van der Waals surface area contributed by atoms with E-state index < -0.39 is 0 Å². The maximum Gasteiger partial charge on any atom is 0.253 e. The lowest BCUT2D eigenvalue weighted by atomic mass is 9.82. The molecule has 5 heteroatoms. The van der Waals surface area contributed by atoms with Crippen LogP contribution in [0.25, 0.3) is 16.5 Å². The van der Waals surface area contributed by atoms with Crippen molar-refractivity contribution in [3.63, 3.8) is 0 Å². The van der Waals surface area contributed by atoms with E-state index in [-0.39, 0.29) is 11.4 Å². The summed E-state index contributed by atoms with van der Waals surface area (Å²) in [5.74, 6) is 0.110. The zero-order valence-electron chi connectivity index (χ0n) is 17.0. The van der Waals surface area contributed by atoms with E-state index in [2.05, 4.69) is 46.4 Å². The molecule has 3 aromatic carbocycles. The highest BCUT2D eigenvalue weighted by Crippen LogP contribution is 2.44. The number of hydrogen-bond donors (Lipinski definition) is 1. The van der Waals surface area contributed by atoms with Gasteiger partial charge in [-0.1, -0.05) is 41.9 Å². The van der Waals surface area contributed by atoms with Crippen LogP contribution in [-0.4, -0.2) is 28.5 Å². The smallest absolute Gasteiger partial charge is 0.253 e. The topological polar surface area (TPSA) is 37.3 Å². The van der Waals surface area contributed by atoms with E-state index in [9.17, 15) is 4.79 Å². The maximum atomic E-state index is 13.2. The molecule has 1 N–H and O–H groups in total. The quantitative estimate of drug-likeness (QED) is 0.414. The van der Waals surface area contributed by atoms with E-state index in [1.165, 1.54) is 5.69 Å². The Balaban J connectivity index is 1.27. The summed E-state index contributed by atoms with van der Waals surface area (Å²) >= 11 is 6.25. The number of piperidine rings is 1. The van der Waals surface area contributed by atoms with Gasteiger partial charge in [0, 0.05) is 35.6 Å². The van der Waals surface area contributed by atoms with E-state index in [1.807, 2.05) is 47.4 Å². The fourth-order valence-corrected chi connectivity index (χ4v) is 5.26. The first-order valence-corrected chi connectivity index (χ1v) is 11.0. The largest absolute Gasteiger partial charge is 0.372 e. The van der Waals surface area contributed by atoms with Gasteiger partial charge in [-0.3, -0.25) is 4.79 Å². The lowest BCUT2D eigenvalue weighted by Crippen LogP contribution is -2.51. The van der Waals surface area contributed by atoms with Gasteiger partial charge in [0.2, 0.25) is 0 Å². The number of nitrogens with one attached hydrogen (secondary N) is 1. The van der Waals surface area contributed by atoms with Crippen LogP contribution < -0.4 is 5.32 Å². The van der Waals surface area contributed by atoms with Crippen LogP contribution in [0.4, 0.5) is 5.69 Å². The third-order valence-electron chi connectivity index (χ3n) is 6.73. The minimum Gasteiger partial charge on any atom is -0.372 e. The molecule has 0 atom stereocenters. The number of nitrogens with zero attached hydrogens (tertiary/aromatic N) is 2. The highest BCUT2D eigenvalue weighted by molar-refractivity contribution is 6.30. The molecule has 2 aliphatic rings. The van der Waals surface area contributed by atoms with E-state index in [4.69, 9.17) is 11.6 Å². The molecule has 31 heavy (non-hydrogen) atoms. The molecule has 1 fully saturated rings. The molecule has 1 aromatic heterocycles. The molecule has 1 saturated heterocycles. The average molecular weight is 428 g/mol. The Bertz CT molecular complexity index is 1320. The Morgan fingerprint density at radius 3 is 2.55 bits per heavy atom. The van der Waals surface area contributed by atoms with E-state index in [0.717, 1.165) is 45.6 Å². The number of carbonyl (C=O) groups is 1. The van der Waals surface area contributed by atoms with Crippen molar-refractivity contribution in [1.82, 2.24) is 9.47 Å². The summed E-state index contributed by atoms with van der Waals surface area (Å²) in [5, 5.41) is 6.77. The minimum atomic E-state index is -0.176. The molecular weight excluding hydrogens is 406 g/mol. The lowest BCUT2D eigenvalue weighted by molar-refractivity contribution is 0.0676. The van der Waals surface area contributed by atoms with Crippen LogP contribution in [-0.2, 0) is 5.54 Å². The summed E-state index contributed by atoms with van der Waals surface area (Å²) < 4.78 is 2.23. The number of anilines is 1. The van der Waals surface area contributed by atoms with Gasteiger partial charge in [0.15, 0.2) is 0 Å². The van der Waals surface area contributed by atoms with Crippen LogP contribution in [0.5, 0.6) is 0 Å². The molecule has 0 aliphatic carbocycles. The molecule has 0 unspecified atom stereocenters. The lowest BCUT2D eigenvalue weighted by Gasteiger charge is -2.46. The van der Waals surface area contributed by atoms with Crippen LogP contribution in [0.15, 0.2) is 79.0 Å². The Hall–Kier alpha value is -3.24. The number of aromatic nitrogens is 1.